The van der Waals surface area contributed by atoms with Crippen molar-refractivity contribution >= 4 is 11.7 Å². The van der Waals surface area contributed by atoms with Crippen molar-refractivity contribution in [3.05, 3.63) is 94.3 Å². The van der Waals surface area contributed by atoms with E-state index in [1.165, 1.54) is 0 Å². The Labute approximate surface area is 204 Å². The van der Waals surface area contributed by atoms with Gasteiger partial charge in [-0.3, -0.25) is 0 Å². The van der Waals surface area contributed by atoms with Gasteiger partial charge in [0.05, 0.1) is 18.3 Å². The summed E-state index contributed by atoms with van der Waals surface area (Å²) in [6, 6.07) is 8.95. The maximum Gasteiger partial charge on any atom is 0.194 e. The molecule has 0 spiro atoms. The summed E-state index contributed by atoms with van der Waals surface area (Å²) in [5.41, 5.74) is -0.917. The van der Waals surface area contributed by atoms with Crippen LogP contribution in [-0.2, 0) is 4.74 Å². The normalized spacial score (nSPS) is 18.8. The first kappa shape index (κ1) is 25.9. The van der Waals surface area contributed by atoms with Crippen molar-refractivity contribution in [2.45, 2.75) is 38.7 Å². The zero-order valence-corrected chi connectivity index (χ0v) is 19.4. The fourth-order valence-corrected chi connectivity index (χ4v) is 4.46. The summed E-state index contributed by atoms with van der Waals surface area (Å²) < 4.78 is 104. The molecule has 2 unspecified atom stereocenters. The number of rotatable bonds is 6. The molecule has 0 radical (unpaired) electrons. The predicted molar refractivity (Wildman–Crippen MR) is 123 cm³/mol. The molecule has 1 aliphatic rings. The Bertz CT molecular complexity index is 1230. The molecule has 1 fully saturated rings. The van der Waals surface area contributed by atoms with E-state index >= 15 is 0 Å². The highest BCUT2D eigenvalue weighted by Gasteiger charge is 2.24. The number of halogens is 7. The average molecular weight is 508 g/mol. The Kier molecular flexibility index (Phi) is 7.83. The maximum absolute atomic E-state index is 14.7. The molecule has 1 nitrogen and oxygen atoms in total. The van der Waals surface area contributed by atoms with Crippen molar-refractivity contribution < 1.29 is 35.5 Å². The largest absolute Gasteiger partial charge is 0.373 e. The molecule has 4 rings (SSSR count). The minimum absolute atomic E-state index is 0.0636. The molecule has 1 heterocycles. The lowest BCUT2D eigenvalue weighted by molar-refractivity contribution is -0.0194. The monoisotopic (exact) mass is 508 g/mol. The SMILES string of the molecule is CCCC1CCC(c2ccc(-c3cc(F)c(C(F)=C(F)c4cc(F)c(F)c(F)c4)c(F)c3)cc2)OC1. The van der Waals surface area contributed by atoms with Gasteiger partial charge in [-0.1, -0.05) is 37.6 Å². The molecule has 36 heavy (non-hydrogen) atoms. The van der Waals surface area contributed by atoms with Crippen LogP contribution < -0.4 is 0 Å². The zero-order valence-electron chi connectivity index (χ0n) is 19.4. The summed E-state index contributed by atoms with van der Waals surface area (Å²) in [4.78, 5) is 0. The summed E-state index contributed by atoms with van der Waals surface area (Å²) in [5.74, 6) is -11.6. The predicted octanol–water partition coefficient (Wildman–Crippen LogP) is 9.08. The van der Waals surface area contributed by atoms with Crippen LogP contribution in [0.25, 0.3) is 22.8 Å². The molecule has 0 N–H and O–H groups in total. The van der Waals surface area contributed by atoms with E-state index in [2.05, 4.69) is 6.92 Å². The van der Waals surface area contributed by atoms with E-state index in [0.717, 1.165) is 43.4 Å². The molecule has 0 amide bonds. The second kappa shape index (κ2) is 10.9. The first-order valence-electron chi connectivity index (χ1n) is 11.6. The van der Waals surface area contributed by atoms with Crippen molar-refractivity contribution in [2.24, 2.45) is 5.92 Å². The third-order valence-electron chi connectivity index (χ3n) is 6.37. The van der Waals surface area contributed by atoms with E-state index in [1.807, 2.05) is 0 Å². The van der Waals surface area contributed by atoms with Gasteiger partial charge < -0.3 is 4.74 Å². The third-order valence-corrected chi connectivity index (χ3v) is 6.37. The van der Waals surface area contributed by atoms with E-state index < -0.39 is 51.9 Å². The van der Waals surface area contributed by atoms with E-state index in [1.54, 1.807) is 24.3 Å². The fraction of sp³-hybridized carbons (Fsp3) is 0.286. The Hall–Kier alpha value is -3.13. The highest BCUT2D eigenvalue weighted by atomic mass is 19.2. The van der Waals surface area contributed by atoms with Gasteiger partial charge in [-0.05, 0) is 66.1 Å². The number of ether oxygens (including phenoxy) is 1. The lowest BCUT2D eigenvalue weighted by atomic mass is 9.91. The van der Waals surface area contributed by atoms with Gasteiger partial charge in [-0.25, -0.2) is 30.7 Å². The fourth-order valence-electron chi connectivity index (χ4n) is 4.46. The molecule has 0 saturated carbocycles. The Balaban J connectivity index is 1.58. The molecule has 1 aliphatic heterocycles. The lowest BCUT2D eigenvalue weighted by Gasteiger charge is -2.29. The Morgan fingerprint density at radius 2 is 1.39 bits per heavy atom. The molecule has 0 aromatic heterocycles. The van der Waals surface area contributed by atoms with Crippen molar-refractivity contribution in [1.29, 1.82) is 0 Å². The van der Waals surface area contributed by atoms with Gasteiger partial charge in [0.1, 0.15) is 11.6 Å². The first-order chi connectivity index (χ1) is 17.2. The minimum atomic E-state index is -2.01. The zero-order chi connectivity index (χ0) is 26.0. The first-order valence-corrected chi connectivity index (χ1v) is 11.6. The van der Waals surface area contributed by atoms with Gasteiger partial charge in [-0.15, -0.1) is 0 Å². The summed E-state index contributed by atoms with van der Waals surface area (Å²) >= 11 is 0. The molecular weight excluding hydrogens is 485 g/mol. The Morgan fingerprint density at radius 3 is 1.92 bits per heavy atom. The smallest absolute Gasteiger partial charge is 0.194 e. The number of hydrogen-bond acceptors (Lipinski definition) is 1. The summed E-state index contributed by atoms with van der Waals surface area (Å²) in [6.07, 6.45) is 4.10. The van der Waals surface area contributed by atoms with Crippen LogP contribution in [0.2, 0.25) is 0 Å². The summed E-state index contributed by atoms with van der Waals surface area (Å²) in [7, 11) is 0. The van der Waals surface area contributed by atoms with Crippen LogP contribution in [0.5, 0.6) is 0 Å². The highest BCUT2D eigenvalue weighted by Crippen LogP contribution is 2.36. The molecule has 3 aromatic rings. The van der Waals surface area contributed by atoms with Gasteiger partial charge in [0.25, 0.3) is 0 Å². The van der Waals surface area contributed by atoms with E-state index in [0.29, 0.717) is 18.1 Å². The van der Waals surface area contributed by atoms with Crippen molar-refractivity contribution in [3.63, 3.8) is 0 Å². The molecule has 190 valence electrons. The molecule has 0 bridgehead atoms. The second-order valence-corrected chi connectivity index (χ2v) is 8.87. The highest BCUT2D eigenvalue weighted by molar-refractivity contribution is 5.84. The topological polar surface area (TPSA) is 9.23 Å². The van der Waals surface area contributed by atoms with Crippen LogP contribution in [-0.4, -0.2) is 6.61 Å². The van der Waals surface area contributed by atoms with Crippen molar-refractivity contribution in [1.82, 2.24) is 0 Å². The van der Waals surface area contributed by atoms with Crippen LogP contribution in [0.15, 0.2) is 48.5 Å². The van der Waals surface area contributed by atoms with Gasteiger partial charge in [0, 0.05) is 5.56 Å². The van der Waals surface area contributed by atoms with Crippen LogP contribution in [0.1, 0.15) is 55.4 Å². The molecular formula is C28H23F7O. The molecule has 1 saturated heterocycles. The van der Waals surface area contributed by atoms with E-state index in [-0.39, 0.29) is 23.8 Å². The van der Waals surface area contributed by atoms with Crippen molar-refractivity contribution in [2.75, 3.05) is 6.61 Å². The number of hydrogen-bond donors (Lipinski definition) is 0. The van der Waals surface area contributed by atoms with Crippen LogP contribution in [0, 0.1) is 35.0 Å². The standard InChI is InChI=1S/C28H23F7O/c1-2-3-15-4-9-24(36-14-15)17-7-5-16(6-8-17)18-10-20(29)25(21(30)11-18)28(35)26(33)19-12-22(31)27(34)23(32)13-19/h5-8,10-13,15,24H,2-4,9,14H2,1H3. The molecule has 8 heteroatoms. The van der Waals surface area contributed by atoms with Gasteiger partial charge >= 0.3 is 0 Å². The van der Waals surface area contributed by atoms with Gasteiger partial charge in [0.15, 0.2) is 29.1 Å². The Morgan fingerprint density at radius 1 is 0.778 bits per heavy atom. The molecule has 2 atom stereocenters. The lowest BCUT2D eigenvalue weighted by Crippen LogP contribution is -2.20. The van der Waals surface area contributed by atoms with E-state index in [4.69, 9.17) is 4.74 Å². The second-order valence-electron chi connectivity index (χ2n) is 8.87. The van der Waals surface area contributed by atoms with E-state index in [9.17, 15) is 30.7 Å². The minimum Gasteiger partial charge on any atom is -0.373 e. The molecule has 3 aromatic carbocycles. The van der Waals surface area contributed by atoms with Gasteiger partial charge in [0.2, 0.25) is 0 Å². The van der Waals surface area contributed by atoms with Crippen LogP contribution >= 0.6 is 0 Å². The van der Waals surface area contributed by atoms with Crippen molar-refractivity contribution in [3.8, 4) is 11.1 Å². The molecule has 0 aliphatic carbocycles. The summed E-state index contributed by atoms with van der Waals surface area (Å²) in [6.45, 7) is 2.82. The third kappa shape index (κ3) is 5.33. The quantitative estimate of drug-likeness (QED) is 0.183. The maximum atomic E-state index is 14.7. The van der Waals surface area contributed by atoms with Crippen LogP contribution in [0.3, 0.4) is 0 Å². The number of benzene rings is 3. The average Bonchev–Trinajstić information content (AvgIpc) is 2.86. The van der Waals surface area contributed by atoms with Crippen LogP contribution in [0.4, 0.5) is 30.7 Å². The summed E-state index contributed by atoms with van der Waals surface area (Å²) in [5, 5.41) is 0. The van der Waals surface area contributed by atoms with Gasteiger partial charge in [-0.2, -0.15) is 0 Å².